The molecule has 0 saturated heterocycles. The molecule has 2 nitrogen and oxygen atoms in total. The van der Waals surface area contributed by atoms with Crippen LogP contribution < -0.4 is 0 Å². The van der Waals surface area contributed by atoms with Gasteiger partial charge in [0.15, 0.2) is 0 Å². The predicted molar refractivity (Wildman–Crippen MR) is 72.1 cm³/mol. The minimum Gasteiger partial charge on any atom is -0.461 e. The van der Waals surface area contributed by atoms with Crippen molar-refractivity contribution in [1.82, 2.24) is 0 Å². The Morgan fingerprint density at radius 1 is 1.06 bits per heavy atom. The van der Waals surface area contributed by atoms with Crippen molar-refractivity contribution in [3.63, 3.8) is 0 Å². The van der Waals surface area contributed by atoms with Crippen LogP contribution in [0.2, 0.25) is 0 Å². The van der Waals surface area contributed by atoms with Crippen molar-refractivity contribution in [3.05, 3.63) is 59.7 Å². The molecule has 0 radical (unpaired) electrons. The Kier molecular flexibility index (Phi) is 3.78. The summed E-state index contributed by atoms with van der Waals surface area (Å²) in [5, 5.41) is 0. The summed E-state index contributed by atoms with van der Waals surface area (Å²) in [5.41, 5.74) is 4.56. The van der Waals surface area contributed by atoms with Gasteiger partial charge in [0.1, 0.15) is 6.61 Å². The number of benzene rings is 2. The number of hydrogen-bond acceptors (Lipinski definition) is 2. The average molecular weight is 240 g/mol. The van der Waals surface area contributed by atoms with E-state index in [1.165, 1.54) is 18.1 Å². The molecule has 2 aromatic carbocycles. The van der Waals surface area contributed by atoms with Crippen molar-refractivity contribution in [1.29, 1.82) is 0 Å². The van der Waals surface area contributed by atoms with E-state index in [0.717, 1.165) is 11.1 Å². The van der Waals surface area contributed by atoms with Gasteiger partial charge in [0.05, 0.1) is 0 Å². The van der Waals surface area contributed by atoms with E-state index < -0.39 is 0 Å². The predicted octanol–water partition coefficient (Wildman–Crippen LogP) is 3.73. The van der Waals surface area contributed by atoms with Gasteiger partial charge in [-0.15, -0.1) is 0 Å². The molecule has 0 fully saturated rings. The highest BCUT2D eigenvalue weighted by molar-refractivity contribution is 5.67. The van der Waals surface area contributed by atoms with Gasteiger partial charge in [-0.25, -0.2) is 0 Å². The summed E-state index contributed by atoms with van der Waals surface area (Å²) in [6, 6.07) is 16.4. The highest BCUT2D eigenvalue weighted by atomic mass is 16.5. The number of carbonyl (C=O) groups excluding carboxylic acids is 1. The lowest BCUT2D eigenvalue weighted by Crippen LogP contribution is -1.98. The zero-order chi connectivity index (χ0) is 13.0. The zero-order valence-corrected chi connectivity index (χ0v) is 10.6. The second-order valence-corrected chi connectivity index (χ2v) is 4.35. The maximum absolute atomic E-state index is 10.8. The first-order valence-electron chi connectivity index (χ1n) is 5.94. The maximum atomic E-state index is 10.8. The van der Waals surface area contributed by atoms with E-state index in [0.29, 0.717) is 6.61 Å². The minimum absolute atomic E-state index is 0.254. The van der Waals surface area contributed by atoms with Gasteiger partial charge in [0.2, 0.25) is 0 Å². The molecular weight excluding hydrogens is 224 g/mol. The number of aryl methyl sites for hydroxylation is 1. The topological polar surface area (TPSA) is 26.3 Å². The average Bonchev–Trinajstić information content (AvgIpc) is 2.37. The van der Waals surface area contributed by atoms with Gasteiger partial charge in [-0.3, -0.25) is 4.79 Å². The van der Waals surface area contributed by atoms with Crippen LogP contribution in [-0.4, -0.2) is 5.97 Å². The first kappa shape index (κ1) is 12.4. The van der Waals surface area contributed by atoms with Crippen LogP contribution in [0, 0.1) is 6.92 Å². The van der Waals surface area contributed by atoms with E-state index in [1.807, 2.05) is 18.2 Å². The summed E-state index contributed by atoms with van der Waals surface area (Å²) >= 11 is 0. The van der Waals surface area contributed by atoms with Crippen LogP contribution in [0.15, 0.2) is 48.5 Å². The lowest BCUT2D eigenvalue weighted by atomic mass is 10.0. The van der Waals surface area contributed by atoms with E-state index in [2.05, 4.69) is 37.3 Å². The molecule has 92 valence electrons. The van der Waals surface area contributed by atoms with Gasteiger partial charge in [-0.1, -0.05) is 48.0 Å². The summed E-state index contributed by atoms with van der Waals surface area (Å²) in [7, 11) is 0. The molecule has 0 unspecified atom stereocenters. The maximum Gasteiger partial charge on any atom is 0.302 e. The van der Waals surface area contributed by atoms with E-state index in [1.54, 1.807) is 0 Å². The Bertz CT molecular complexity index is 559. The molecule has 0 N–H and O–H groups in total. The fourth-order valence-electron chi connectivity index (χ4n) is 1.85. The Morgan fingerprint density at radius 3 is 2.39 bits per heavy atom. The van der Waals surface area contributed by atoms with Crippen LogP contribution in [0.25, 0.3) is 11.1 Å². The molecule has 0 aliphatic rings. The number of carbonyl (C=O) groups is 1. The van der Waals surface area contributed by atoms with Gasteiger partial charge in [-0.2, -0.15) is 0 Å². The third kappa shape index (κ3) is 3.20. The fraction of sp³-hybridized carbons (Fsp3) is 0.188. The molecule has 0 saturated carbocycles. The Hall–Kier alpha value is -2.09. The smallest absolute Gasteiger partial charge is 0.302 e. The molecule has 0 atom stereocenters. The van der Waals surface area contributed by atoms with Crippen LogP contribution in [0.5, 0.6) is 0 Å². The second-order valence-electron chi connectivity index (χ2n) is 4.35. The van der Waals surface area contributed by atoms with Gasteiger partial charge in [-0.05, 0) is 29.7 Å². The molecule has 18 heavy (non-hydrogen) atoms. The third-order valence-electron chi connectivity index (χ3n) is 2.72. The second kappa shape index (κ2) is 5.50. The number of ether oxygens (including phenoxy) is 1. The summed E-state index contributed by atoms with van der Waals surface area (Å²) in [6.45, 7) is 3.83. The molecule has 0 bridgehead atoms. The van der Waals surface area contributed by atoms with Crippen LogP contribution in [0.3, 0.4) is 0 Å². The quantitative estimate of drug-likeness (QED) is 0.764. The standard InChI is InChI=1S/C16H16O2/c1-12-5-3-7-15(9-12)16-8-4-6-14(10-16)11-18-13(2)17/h3-10H,11H2,1-2H3. The minimum atomic E-state index is -0.254. The monoisotopic (exact) mass is 240 g/mol. The third-order valence-corrected chi connectivity index (χ3v) is 2.72. The Balaban J connectivity index is 2.24. The van der Waals surface area contributed by atoms with Crippen LogP contribution in [-0.2, 0) is 16.1 Å². The largest absolute Gasteiger partial charge is 0.461 e. The first-order chi connectivity index (χ1) is 8.65. The molecule has 2 aromatic rings. The van der Waals surface area contributed by atoms with Crippen LogP contribution in [0.4, 0.5) is 0 Å². The van der Waals surface area contributed by atoms with Crippen molar-refractivity contribution in [2.75, 3.05) is 0 Å². The van der Waals surface area contributed by atoms with E-state index in [4.69, 9.17) is 4.74 Å². The summed E-state index contributed by atoms with van der Waals surface area (Å²) in [4.78, 5) is 10.8. The first-order valence-corrected chi connectivity index (χ1v) is 5.94. The lowest BCUT2D eigenvalue weighted by molar-refractivity contribution is -0.142. The highest BCUT2D eigenvalue weighted by Gasteiger charge is 2.01. The highest BCUT2D eigenvalue weighted by Crippen LogP contribution is 2.21. The molecule has 0 amide bonds. The van der Waals surface area contributed by atoms with Crippen molar-refractivity contribution >= 4 is 5.97 Å². The molecule has 0 aliphatic heterocycles. The number of esters is 1. The molecule has 0 heterocycles. The molecular formula is C16H16O2. The zero-order valence-electron chi connectivity index (χ0n) is 10.6. The summed E-state index contributed by atoms with van der Waals surface area (Å²) < 4.78 is 5.00. The Labute approximate surface area is 107 Å². The SMILES string of the molecule is CC(=O)OCc1cccc(-c2cccc(C)c2)c1. The van der Waals surface area contributed by atoms with Gasteiger partial charge >= 0.3 is 5.97 Å². The molecule has 0 aromatic heterocycles. The summed E-state index contributed by atoms with van der Waals surface area (Å²) in [6.07, 6.45) is 0. The van der Waals surface area contributed by atoms with Crippen molar-refractivity contribution in [2.24, 2.45) is 0 Å². The normalized spacial score (nSPS) is 10.1. The molecule has 0 spiro atoms. The molecule has 0 aliphatic carbocycles. The van der Waals surface area contributed by atoms with Gasteiger partial charge in [0, 0.05) is 6.92 Å². The van der Waals surface area contributed by atoms with Crippen molar-refractivity contribution in [2.45, 2.75) is 20.5 Å². The Morgan fingerprint density at radius 2 is 1.72 bits per heavy atom. The van der Waals surface area contributed by atoms with Crippen LogP contribution in [0.1, 0.15) is 18.1 Å². The van der Waals surface area contributed by atoms with Crippen LogP contribution >= 0.6 is 0 Å². The van der Waals surface area contributed by atoms with Crippen molar-refractivity contribution in [3.8, 4) is 11.1 Å². The molecule has 2 rings (SSSR count). The number of hydrogen-bond donors (Lipinski definition) is 0. The lowest BCUT2D eigenvalue weighted by Gasteiger charge is -2.06. The van der Waals surface area contributed by atoms with Crippen molar-refractivity contribution < 1.29 is 9.53 Å². The van der Waals surface area contributed by atoms with E-state index in [9.17, 15) is 4.79 Å². The molecule has 2 heteroatoms. The summed E-state index contributed by atoms with van der Waals surface area (Å²) in [5.74, 6) is -0.254. The fourth-order valence-corrected chi connectivity index (χ4v) is 1.85. The van der Waals surface area contributed by atoms with Gasteiger partial charge < -0.3 is 4.74 Å². The van der Waals surface area contributed by atoms with Gasteiger partial charge in [0.25, 0.3) is 0 Å². The number of rotatable bonds is 3. The van der Waals surface area contributed by atoms with E-state index in [-0.39, 0.29) is 5.97 Å². The van der Waals surface area contributed by atoms with E-state index >= 15 is 0 Å².